The van der Waals surface area contributed by atoms with E-state index in [4.69, 9.17) is 16.3 Å². The minimum atomic E-state index is -0.845. The van der Waals surface area contributed by atoms with Crippen LogP contribution in [-0.4, -0.2) is 55.0 Å². The molecule has 2 rings (SSSR count). The average Bonchev–Trinajstić information content (AvgIpc) is 2.64. The Labute approximate surface area is 164 Å². The molecule has 1 saturated heterocycles. The van der Waals surface area contributed by atoms with Crippen LogP contribution in [-0.2, 0) is 19.1 Å². The number of benzene rings is 1. The summed E-state index contributed by atoms with van der Waals surface area (Å²) in [7, 11) is 0. The van der Waals surface area contributed by atoms with E-state index >= 15 is 0 Å². The van der Waals surface area contributed by atoms with Gasteiger partial charge in [0.1, 0.15) is 6.04 Å². The average molecular weight is 396 g/mol. The Hall–Kier alpha value is -2.28. The summed E-state index contributed by atoms with van der Waals surface area (Å²) in [5.41, 5.74) is 1.72. The van der Waals surface area contributed by atoms with Crippen LogP contribution in [0.1, 0.15) is 31.7 Å². The number of aryl methyl sites for hydroxylation is 1. The standard InChI is InChI=1S/C19H26ClN3O4/c1-3-4-9-27-18(25)11-16-19(26)21-7-8-23(16)17(24)12-22-15-10-14(20)6-5-13(15)2/h5-6,10,16,22H,3-4,7-9,11-12H2,1-2H3,(H,21,26). The molecular weight excluding hydrogens is 370 g/mol. The monoisotopic (exact) mass is 395 g/mol. The number of nitrogens with zero attached hydrogens (tertiary/aromatic N) is 1. The fourth-order valence-corrected chi connectivity index (χ4v) is 2.99. The molecule has 2 amide bonds. The van der Waals surface area contributed by atoms with Gasteiger partial charge in [-0.05, 0) is 31.0 Å². The van der Waals surface area contributed by atoms with E-state index in [9.17, 15) is 14.4 Å². The molecule has 1 atom stereocenters. The molecule has 0 aromatic heterocycles. The van der Waals surface area contributed by atoms with Crippen LogP contribution in [0.3, 0.4) is 0 Å². The van der Waals surface area contributed by atoms with Crippen molar-refractivity contribution in [2.75, 3.05) is 31.6 Å². The Balaban J connectivity index is 1.97. The minimum absolute atomic E-state index is 0.00977. The lowest BCUT2D eigenvalue weighted by atomic mass is 10.1. The summed E-state index contributed by atoms with van der Waals surface area (Å²) in [6.07, 6.45) is 1.54. The summed E-state index contributed by atoms with van der Waals surface area (Å²) in [6, 6.07) is 4.54. The van der Waals surface area contributed by atoms with Crippen LogP contribution in [0.25, 0.3) is 0 Å². The second kappa shape index (κ2) is 10.2. The number of nitrogens with one attached hydrogen (secondary N) is 2. The number of piperazine rings is 1. The number of unbranched alkanes of at least 4 members (excludes halogenated alkanes) is 1. The van der Waals surface area contributed by atoms with Crippen LogP contribution >= 0.6 is 11.6 Å². The zero-order valence-electron chi connectivity index (χ0n) is 15.7. The summed E-state index contributed by atoms with van der Waals surface area (Å²) in [5, 5.41) is 6.33. The molecule has 0 bridgehead atoms. The van der Waals surface area contributed by atoms with Crippen LogP contribution in [0.5, 0.6) is 0 Å². The lowest BCUT2D eigenvalue weighted by Gasteiger charge is -2.34. The van der Waals surface area contributed by atoms with Gasteiger partial charge in [-0.15, -0.1) is 0 Å². The van der Waals surface area contributed by atoms with Crippen LogP contribution in [0.4, 0.5) is 5.69 Å². The lowest BCUT2D eigenvalue weighted by Crippen LogP contribution is -2.58. The Morgan fingerprint density at radius 1 is 1.41 bits per heavy atom. The topological polar surface area (TPSA) is 87.7 Å². The van der Waals surface area contributed by atoms with Gasteiger partial charge in [0.25, 0.3) is 0 Å². The summed E-state index contributed by atoms with van der Waals surface area (Å²) in [6.45, 7) is 4.96. The molecule has 0 radical (unpaired) electrons. The molecule has 1 unspecified atom stereocenters. The third kappa shape index (κ3) is 6.13. The number of halogens is 1. The predicted octanol–water partition coefficient (Wildman–Crippen LogP) is 2.12. The second-order valence-corrected chi connectivity index (χ2v) is 6.92. The van der Waals surface area contributed by atoms with E-state index in [-0.39, 0.29) is 24.8 Å². The zero-order chi connectivity index (χ0) is 19.8. The molecule has 0 spiro atoms. The maximum Gasteiger partial charge on any atom is 0.308 e. The number of rotatable bonds is 8. The fraction of sp³-hybridized carbons (Fsp3) is 0.526. The summed E-state index contributed by atoms with van der Waals surface area (Å²) >= 11 is 5.99. The van der Waals surface area contributed by atoms with E-state index in [2.05, 4.69) is 10.6 Å². The number of hydrogen-bond donors (Lipinski definition) is 2. The number of hydrogen-bond acceptors (Lipinski definition) is 5. The maximum atomic E-state index is 12.7. The van der Waals surface area contributed by atoms with Crippen LogP contribution in [0.2, 0.25) is 5.02 Å². The Morgan fingerprint density at radius 2 is 2.19 bits per heavy atom. The largest absolute Gasteiger partial charge is 0.466 e. The first-order valence-corrected chi connectivity index (χ1v) is 9.53. The van der Waals surface area contributed by atoms with Crippen molar-refractivity contribution in [2.24, 2.45) is 0 Å². The summed E-state index contributed by atoms with van der Waals surface area (Å²) in [5.74, 6) is -1.06. The summed E-state index contributed by atoms with van der Waals surface area (Å²) in [4.78, 5) is 38.3. The lowest BCUT2D eigenvalue weighted by molar-refractivity contribution is -0.151. The molecular formula is C19H26ClN3O4. The molecule has 7 nitrogen and oxygen atoms in total. The first kappa shape index (κ1) is 21.0. The van der Waals surface area contributed by atoms with Gasteiger partial charge in [0.2, 0.25) is 11.8 Å². The summed E-state index contributed by atoms with van der Waals surface area (Å²) < 4.78 is 5.13. The van der Waals surface area contributed by atoms with E-state index in [0.717, 1.165) is 24.1 Å². The molecule has 1 aromatic rings. The number of carbonyl (C=O) groups is 3. The minimum Gasteiger partial charge on any atom is -0.466 e. The molecule has 1 fully saturated rings. The first-order chi connectivity index (χ1) is 12.9. The van der Waals surface area contributed by atoms with E-state index in [1.54, 1.807) is 12.1 Å². The van der Waals surface area contributed by atoms with Gasteiger partial charge < -0.3 is 20.3 Å². The number of ether oxygens (including phenoxy) is 1. The molecule has 1 aliphatic rings. The van der Waals surface area contributed by atoms with Crippen molar-refractivity contribution in [3.63, 3.8) is 0 Å². The SMILES string of the molecule is CCCCOC(=O)CC1C(=O)NCCN1C(=O)CNc1cc(Cl)ccc1C. The molecule has 0 aliphatic carbocycles. The molecule has 2 N–H and O–H groups in total. The van der Waals surface area contributed by atoms with Gasteiger partial charge >= 0.3 is 5.97 Å². The Morgan fingerprint density at radius 3 is 2.93 bits per heavy atom. The molecule has 0 saturated carbocycles. The fourth-order valence-electron chi connectivity index (χ4n) is 2.82. The van der Waals surface area contributed by atoms with Gasteiger partial charge in [0.15, 0.2) is 0 Å². The van der Waals surface area contributed by atoms with Gasteiger partial charge in [-0.3, -0.25) is 14.4 Å². The van der Waals surface area contributed by atoms with Crippen molar-refractivity contribution in [2.45, 2.75) is 39.2 Å². The molecule has 8 heteroatoms. The third-order valence-electron chi connectivity index (χ3n) is 4.40. The Bertz CT molecular complexity index is 696. The molecule has 1 aliphatic heterocycles. The zero-order valence-corrected chi connectivity index (χ0v) is 16.5. The van der Waals surface area contributed by atoms with Crippen LogP contribution in [0, 0.1) is 6.92 Å². The third-order valence-corrected chi connectivity index (χ3v) is 4.64. The number of carbonyl (C=O) groups excluding carboxylic acids is 3. The van der Waals surface area contributed by atoms with Crippen LogP contribution in [0.15, 0.2) is 18.2 Å². The van der Waals surface area contributed by atoms with Crippen molar-refractivity contribution in [3.8, 4) is 0 Å². The van der Waals surface area contributed by atoms with E-state index in [0.29, 0.717) is 24.7 Å². The van der Waals surface area contributed by atoms with Gasteiger partial charge in [-0.2, -0.15) is 0 Å². The molecule has 1 aromatic carbocycles. The van der Waals surface area contributed by atoms with Crippen molar-refractivity contribution < 1.29 is 19.1 Å². The van der Waals surface area contributed by atoms with Crippen molar-refractivity contribution in [1.29, 1.82) is 0 Å². The highest BCUT2D eigenvalue weighted by Gasteiger charge is 2.34. The normalized spacial score (nSPS) is 16.6. The van der Waals surface area contributed by atoms with Crippen LogP contribution < -0.4 is 10.6 Å². The smallest absolute Gasteiger partial charge is 0.308 e. The van der Waals surface area contributed by atoms with Gasteiger partial charge in [-0.1, -0.05) is 31.0 Å². The highest BCUT2D eigenvalue weighted by Crippen LogP contribution is 2.20. The number of esters is 1. The highest BCUT2D eigenvalue weighted by molar-refractivity contribution is 6.30. The Kier molecular flexibility index (Phi) is 7.91. The van der Waals surface area contributed by atoms with Crippen molar-refractivity contribution in [1.82, 2.24) is 10.2 Å². The highest BCUT2D eigenvalue weighted by atomic mass is 35.5. The first-order valence-electron chi connectivity index (χ1n) is 9.15. The predicted molar refractivity (Wildman–Crippen MR) is 104 cm³/mol. The van der Waals surface area contributed by atoms with Crippen molar-refractivity contribution >= 4 is 35.1 Å². The quantitative estimate of drug-likeness (QED) is 0.520. The maximum absolute atomic E-state index is 12.7. The van der Waals surface area contributed by atoms with Gasteiger partial charge in [0.05, 0.1) is 19.6 Å². The van der Waals surface area contributed by atoms with E-state index in [1.165, 1.54) is 4.90 Å². The number of amides is 2. The second-order valence-electron chi connectivity index (χ2n) is 6.48. The van der Waals surface area contributed by atoms with Gasteiger partial charge in [-0.25, -0.2) is 0 Å². The van der Waals surface area contributed by atoms with E-state index in [1.807, 2.05) is 19.9 Å². The van der Waals surface area contributed by atoms with Crippen molar-refractivity contribution in [3.05, 3.63) is 28.8 Å². The molecule has 27 heavy (non-hydrogen) atoms. The molecule has 148 valence electrons. The van der Waals surface area contributed by atoms with E-state index < -0.39 is 12.0 Å². The number of anilines is 1. The van der Waals surface area contributed by atoms with Gasteiger partial charge in [0, 0.05) is 23.8 Å². The molecule has 1 heterocycles.